The molecule has 1 fully saturated rings. The number of carbonyl (C=O) groups excluding carboxylic acids is 2. The summed E-state index contributed by atoms with van der Waals surface area (Å²) in [6.45, 7) is 8.92. The van der Waals surface area contributed by atoms with Gasteiger partial charge in [0.15, 0.2) is 0 Å². The van der Waals surface area contributed by atoms with E-state index in [-0.39, 0.29) is 17.9 Å². The number of aryl methyl sites for hydroxylation is 4. The molecule has 2 atom stereocenters. The van der Waals surface area contributed by atoms with Gasteiger partial charge in [0.1, 0.15) is 10.9 Å². The van der Waals surface area contributed by atoms with Gasteiger partial charge in [-0.1, -0.05) is 36.4 Å². The van der Waals surface area contributed by atoms with Crippen molar-refractivity contribution in [1.82, 2.24) is 10.3 Å². The molecule has 2 heterocycles. The summed E-state index contributed by atoms with van der Waals surface area (Å²) in [6, 6.07) is 14.5. The van der Waals surface area contributed by atoms with Gasteiger partial charge in [-0.3, -0.25) is 14.5 Å². The Kier molecular flexibility index (Phi) is 7.44. The van der Waals surface area contributed by atoms with Crippen molar-refractivity contribution >= 4 is 28.8 Å². The number of ether oxygens (including phenoxy) is 1. The van der Waals surface area contributed by atoms with Crippen LogP contribution >= 0.6 is 11.3 Å². The Labute approximate surface area is 205 Å². The number of thiazole rings is 1. The molecule has 0 radical (unpaired) electrons. The van der Waals surface area contributed by atoms with Crippen LogP contribution in [0.25, 0.3) is 0 Å². The van der Waals surface area contributed by atoms with Crippen LogP contribution in [0.5, 0.6) is 0 Å². The summed E-state index contributed by atoms with van der Waals surface area (Å²) >= 11 is 1.36. The highest BCUT2D eigenvalue weighted by Gasteiger charge is 2.35. The molecule has 0 saturated carbocycles. The monoisotopic (exact) mass is 477 g/mol. The van der Waals surface area contributed by atoms with E-state index in [1.807, 2.05) is 76.2 Å². The quantitative estimate of drug-likeness (QED) is 0.516. The van der Waals surface area contributed by atoms with Crippen LogP contribution < -0.4 is 10.2 Å². The van der Waals surface area contributed by atoms with E-state index in [2.05, 4.69) is 10.3 Å². The van der Waals surface area contributed by atoms with Crippen LogP contribution in [0.1, 0.15) is 55.9 Å². The molecule has 1 N–H and O–H groups in total. The van der Waals surface area contributed by atoms with Gasteiger partial charge in [0.05, 0.1) is 16.8 Å². The average Bonchev–Trinajstić information content (AvgIpc) is 3.47. The summed E-state index contributed by atoms with van der Waals surface area (Å²) in [4.78, 5) is 34.4. The molecule has 0 aliphatic carbocycles. The summed E-state index contributed by atoms with van der Waals surface area (Å²) < 4.78 is 5.70. The van der Waals surface area contributed by atoms with Crippen molar-refractivity contribution in [1.29, 1.82) is 0 Å². The molecule has 34 heavy (non-hydrogen) atoms. The fourth-order valence-corrected chi connectivity index (χ4v) is 5.12. The van der Waals surface area contributed by atoms with Gasteiger partial charge in [-0.25, -0.2) is 4.98 Å². The lowest BCUT2D eigenvalue weighted by Crippen LogP contribution is -2.45. The van der Waals surface area contributed by atoms with Crippen LogP contribution in [0.15, 0.2) is 48.5 Å². The van der Waals surface area contributed by atoms with Gasteiger partial charge in [-0.05, 0) is 69.4 Å². The minimum Gasteiger partial charge on any atom is -0.376 e. The SMILES string of the molecule is Cc1nc(C)c(C(=O)N(c2ccc(C)c(C)c2)[C@H](C(=O)NC[C@H]2CCCO2)c2ccccc2)s1. The Balaban J connectivity index is 1.79. The second-order valence-corrected chi connectivity index (χ2v) is 9.99. The zero-order valence-electron chi connectivity index (χ0n) is 20.1. The molecule has 2 aromatic carbocycles. The molecular weight excluding hydrogens is 446 g/mol. The summed E-state index contributed by atoms with van der Waals surface area (Å²) in [7, 11) is 0. The van der Waals surface area contributed by atoms with Crippen LogP contribution in [0.3, 0.4) is 0 Å². The standard InChI is InChI=1S/C27H31N3O3S/c1-17-12-13-22(15-18(17)2)30(27(32)25-19(3)29-20(4)34-25)24(21-9-6-5-7-10-21)26(31)28-16-23-11-8-14-33-23/h5-7,9-10,12-13,15,23-24H,8,11,14,16H2,1-4H3,(H,28,31)/t23-,24+/m1/s1. The van der Waals surface area contributed by atoms with Crippen molar-refractivity contribution in [2.75, 3.05) is 18.1 Å². The van der Waals surface area contributed by atoms with Crippen LogP contribution in [0.4, 0.5) is 5.69 Å². The Bertz CT molecular complexity index is 1170. The fraction of sp³-hybridized carbons (Fsp3) is 0.370. The summed E-state index contributed by atoms with van der Waals surface area (Å²) in [5.74, 6) is -0.459. The number of aromatic nitrogens is 1. The molecule has 6 nitrogen and oxygen atoms in total. The number of rotatable bonds is 7. The van der Waals surface area contributed by atoms with E-state index >= 15 is 0 Å². The molecule has 1 aliphatic rings. The lowest BCUT2D eigenvalue weighted by atomic mass is 10.0. The maximum Gasteiger partial charge on any atom is 0.271 e. The predicted molar refractivity (Wildman–Crippen MR) is 135 cm³/mol. The van der Waals surface area contributed by atoms with Crippen LogP contribution in [0.2, 0.25) is 0 Å². The predicted octanol–water partition coefficient (Wildman–Crippen LogP) is 5.06. The number of hydrogen-bond donors (Lipinski definition) is 1. The van der Waals surface area contributed by atoms with Crippen LogP contribution in [-0.4, -0.2) is 36.1 Å². The van der Waals surface area contributed by atoms with Gasteiger partial charge in [0, 0.05) is 18.8 Å². The number of carbonyl (C=O) groups is 2. The number of nitrogens with one attached hydrogen (secondary N) is 1. The third kappa shape index (κ3) is 5.21. The minimum atomic E-state index is -0.834. The van der Waals surface area contributed by atoms with Gasteiger partial charge in [0.25, 0.3) is 5.91 Å². The lowest BCUT2D eigenvalue weighted by Gasteiger charge is -2.32. The Morgan fingerprint density at radius 3 is 2.50 bits per heavy atom. The summed E-state index contributed by atoms with van der Waals surface area (Å²) in [5, 5.41) is 3.87. The van der Waals surface area contributed by atoms with E-state index in [0.29, 0.717) is 22.8 Å². The largest absolute Gasteiger partial charge is 0.376 e. The van der Waals surface area contributed by atoms with E-state index in [0.717, 1.165) is 41.1 Å². The van der Waals surface area contributed by atoms with Gasteiger partial charge in [-0.15, -0.1) is 11.3 Å². The van der Waals surface area contributed by atoms with E-state index in [1.165, 1.54) is 11.3 Å². The van der Waals surface area contributed by atoms with E-state index in [1.54, 1.807) is 4.90 Å². The Hall–Kier alpha value is -3.03. The number of benzene rings is 2. The molecule has 4 rings (SSSR count). The summed E-state index contributed by atoms with van der Waals surface area (Å²) in [5.41, 5.74) is 4.28. The first-order valence-corrected chi connectivity index (χ1v) is 12.5. The van der Waals surface area contributed by atoms with Crippen molar-refractivity contribution in [2.45, 2.75) is 52.7 Å². The molecule has 7 heteroatoms. The van der Waals surface area contributed by atoms with Gasteiger partial charge < -0.3 is 10.1 Å². The average molecular weight is 478 g/mol. The summed E-state index contributed by atoms with van der Waals surface area (Å²) in [6.07, 6.45) is 1.94. The van der Waals surface area contributed by atoms with Gasteiger partial charge >= 0.3 is 0 Å². The number of amides is 2. The molecule has 1 aromatic heterocycles. The van der Waals surface area contributed by atoms with E-state index < -0.39 is 6.04 Å². The van der Waals surface area contributed by atoms with Crippen molar-refractivity contribution in [3.05, 3.63) is 80.8 Å². The normalized spacial score (nSPS) is 16.3. The highest BCUT2D eigenvalue weighted by molar-refractivity contribution is 7.13. The molecule has 178 valence electrons. The Morgan fingerprint density at radius 2 is 1.88 bits per heavy atom. The molecule has 1 saturated heterocycles. The third-order valence-corrected chi connectivity index (χ3v) is 7.30. The Morgan fingerprint density at radius 1 is 1.12 bits per heavy atom. The molecule has 0 unspecified atom stereocenters. The van der Waals surface area contributed by atoms with Crippen molar-refractivity contribution in [3.8, 4) is 0 Å². The topological polar surface area (TPSA) is 71.5 Å². The van der Waals surface area contributed by atoms with E-state index in [4.69, 9.17) is 4.74 Å². The molecular formula is C27H31N3O3S. The second-order valence-electron chi connectivity index (χ2n) is 8.78. The molecule has 3 aromatic rings. The zero-order valence-corrected chi connectivity index (χ0v) is 20.9. The molecule has 2 amide bonds. The highest BCUT2D eigenvalue weighted by Crippen LogP contribution is 2.33. The zero-order chi connectivity index (χ0) is 24.2. The minimum absolute atomic E-state index is 0.0116. The number of hydrogen-bond acceptors (Lipinski definition) is 5. The van der Waals surface area contributed by atoms with Gasteiger partial charge in [-0.2, -0.15) is 0 Å². The van der Waals surface area contributed by atoms with Gasteiger partial charge in [0.2, 0.25) is 5.91 Å². The van der Waals surface area contributed by atoms with Crippen LogP contribution in [0, 0.1) is 27.7 Å². The second kappa shape index (κ2) is 10.5. The number of anilines is 1. The first kappa shape index (κ1) is 24.1. The highest BCUT2D eigenvalue weighted by atomic mass is 32.1. The smallest absolute Gasteiger partial charge is 0.271 e. The van der Waals surface area contributed by atoms with Crippen molar-refractivity contribution in [3.63, 3.8) is 0 Å². The first-order valence-electron chi connectivity index (χ1n) is 11.6. The molecule has 0 spiro atoms. The first-order chi connectivity index (χ1) is 16.3. The molecule has 1 aliphatic heterocycles. The third-order valence-electron chi connectivity index (χ3n) is 6.24. The van der Waals surface area contributed by atoms with Crippen molar-refractivity contribution in [2.24, 2.45) is 0 Å². The van der Waals surface area contributed by atoms with Crippen LogP contribution in [-0.2, 0) is 9.53 Å². The fourth-order valence-electron chi connectivity index (χ4n) is 4.27. The van der Waals surface area contributed by atoms with Crippen molar-refractivity contribution < 1.29 is 14.3 Å². The number of nitrogens with zero attached hydrogens (tertiary/aromatic N) is 2. The lowest BCUT2D eigenvalue weighted by molar-refractivity contribution is -0.123. The van der Waals surface area contributed by atoms with E-state index in [9.17, 15) is 9.59 Å². The maximum atomic E-state index is 14.0. The maximum absolute atomic E-state index is 14.0. The molecule has 0 bridgehead atoms.